The number of imidazole rings is 1. The van der Waals surface area contributed by atoms with Gasteiger partial charge in [-0.05, 0) is 35.9 Å². The number of para-hydroxylation sites is 2. The summed E-state index contributed by atoms with van der Waals surface area (Å²) in [6.45, 7) is -3.16. The Labute approximate surface area is 157 Å². The molecule has 0 aliphatic rings. The molecule has 0 saturated carbocycles. The largest absolute Gasteiger partial charge is 0.454 e. The first-order valence-electron chi connectivity index (χ1n) is 7.49. The van der Waals surface area contributed by atoms with E-state index in [1.807, 2.05) is 0 Å². The fourth-order valence-corrected chi connectivity index (χ4v) is 2.68. The molecule has 8 heteroatoms. The number of alkyl halides is 2. The maximum atomic E-state index is 13.3. The predicted molar refractivity (Wildman–Crippen MR) is 96.3 cm³/mol. The molecule has 1 heterocycles. The fourth-order valence-electron chi connectivity index (χ4n) is 2.38. The van der Waals surface area contributed by atoms with Crippen LogP contribution in [0.15, 0.2) is 48.5 Å². The lowest BCUT2D eigenvalue weighted by Gasteiger charge is -2.07. The Morgan fingerprint density at radius 3 is 2.69 bits per heavy atom. The van der Waals surface area contributed by atoms with Gasteiger partial charge in [0.1, 0.15) is 6.61 Å². The molecule has 0 fully saturated rings. The summed E-state index contributed by atoms with van der Waals surface area (Å²) in [5, 5.41) is 0.755. The Kier molecular flexibility index (Phi) is 5.54. The molecular formula is C18H12Cl2F2N2O2. The molecular weight excluding hydrogens is 385 g/mol. The number of nitrogens with zero attached hydrogens (tertiary/aromatic N) is 2. The van der Waals surface area contributed by atoms with E-state index in [1.165, 1.54) is 18.2 Å². The van der Waals surface area contributed by atoms with Gasteiger partial charge in [0.15, 0.2) is 5.82 Å². The minimum Gasteiger partial charge on any atom is -0.454 e. The number of hydrogen-bond donors (Lipinski definition) is 0. The molecule has 0 bridgehead atoms. The first-order chi connectivity index (χ1) is 12.5. The second-order valence-electron chi connectivity index (χ2n) is 5.28. The zero-order chi connectivity index (χ0) is 18.7. The van der Waals surface area contributed by atoms with Gasteiger partial charge in [-0.2, -0.15) is 8.78 Å². The van der Waals surface area contributed by atoms with Gasteiger partial charge in [-0.15, -0.1) is 0 Å². The third kappa shape index (κ3) is 4.03. The van der Waals surface area contributed by atoms with Crippen molar-refractivity contribution in [3.05, 3.63) is 70.0 Å². The highest BCUT2D eigenvalue weighted by Gasteiger charge is 2.18. The molecule has 1 aromatic heterocycles. The van der Waals surface area contributed by atoms with Crippen LogP contribution in [0.4, 0.5) is 8.78 Å². The van der Waals surface area contributed by atoms with Gasteiger partial charge >= 0.3 is 12.5 Å². The highest BCUT2D eigenvalue weighted by Crippen LogP contribution is 2.24. The van der Waals surface area contributed by atoms with Crippen molar-refractivity contribution in [3.63, 3.8) is 0 Å². The number of esters is 1. The normalized spacial score (nSPS) is 11.6. The molecule has 3 rings (SSSR count). The van der Waals surface area contributed by atoms with Crippen molar-refractivity contribution in [2.24, 2.45) is 0 Å². The number of aromatic nitrogens is 2. The third-order valence-electron chi connectivity index (χ3n) is 3.56. The summed E-state index contributed by atoms with van der Waals surface area (Å²) in [6.07, 6.45) is 2.66. The first kappa shape index (κ1) is 18.4. The van der Waals surface area contributed by atoms with Crippen molar-refractivity contribution in [2.45, 2.75) is 13.2 Å². The van der Waals surface area contributed by atoms with Gasteiger partial charge in [0.2, 0.25) is 0 Å². The quantitative estimate of drug-likeness (QED) is 0.422. The summed E-state index contributed by atoms with van der Waals surface area (Å²) in [4.78, 5) is 15.9. The second-order valence-corrected chi connectivity index (χ2v) is 6.09. The molecule has 3 aromatic rings. The Balaban J connectivity index is 1.71. The molecule has 0 aliphatic carbocycles. The van der Waals surface area contributed by atoms with Crippen LogP contribution >= 0.6 is 23.2 Å². The second kappa shape index (κ2) is 7.85. The molecule has 2 aromatic carbocycles. The molecule has 0 atom stereocenters. The SMILES string of the molecule is O=C(/C=C/c1ccc(Cl)c(Cl)c1)OCc1nc2ccccc2n1C(F)F. The highest BCUT2D eigenvalue weighted by atomic mass is 35.5. The van der Waals surface area contributed by atoms with Gasteiger partial charge in [-0.1, -0.05) is 41.4 Å². The van der Waals surface area contributed by atoms with Crippen molar-refractivity contribution in [1.29, 1.82) is 0 Å². The molecule has 0 amide bonds. The smallest absolute Gasteiger partial charge is 0.331 e. The monoisotopic (exact) mass is 396 g/mol. The summed E-state index contributed by atoms with van der Waals surface area (Å²) < 4.78 is 32.4. The summed E-state index contributed by atoms with van der Waals surface area (Å²) in [5.74, 6) is -0.721. The Bertz CT molecular complexity index is 986. The van der Waals surface area contributed by atoms with Gasteiger partial charge in [-0.3, -0.25) is 4.57 Å². The Morgan fingerprint density at radius 1 is 1.19 bits per heavy atom. The molecule has 26 heavy (non-hydrogen) atoms. The molecule has 0 unspecified atom stereocenters. The van der Waals surface area contributed by atoms with Crippen LogP contribution in [-0.4, -0.2) is 15.5 Å². The van der Waals surface area contributed by atoms with E-state index in [9.17, 15) is 13.6 Å². The van der Waals surface area contributed by atoms with Gasteiger partial charge in [0.25, 0.3) is 0 Å². The Morgan fingerprint density at radius 2 is 1.96 bits per heavy atom. The van der Waals surface area contributed by atoms with Gasteiger partial charge in [0, 0.05) is 6.08 Å². The number of benzene rings is 2. The van der Waals surface area contributed by atoms with Crippen molar-refractivity contribution in [3.8, 4) is 0 Å². The maximum absolute atomic E-state index is 13.3. The average molecular weight is 397 g/mol. The minimum atomic E-state index is -2.79. The predicted octanol–water partition coefficient (Wildman–Crippen LogP) is 5.49. The summed E-state index contributed by atoms with van der Waals surface area (Å²) >= 11 is 11.7. The zero-order valence-corrected chi connectivity index (χ0v) is 14.7. The van der Waals surface area contributed by atoms with Crippen LogP contribution < -0.4 is 0 Å². The number of halogens is 4. The lowest BCUT2D eigenvalue weighted by atomic mass is 10.2. The lowest BCUT2D eigenvalue weighted by Crippen LogP contribution is -2.09. The van der Waals surface area contributed by atoms with E-state index in [4.69, 9.17) is 27.9 Å². The van der Waals surface area contributed by atoms with E-state index in [-0.39, 0.29) is 17.9 Å². The molecule has 0 saturated heterocycles. The van der Waals surface area contributed by atoms with Crippen LogP contribution in [0.5, 0.6) is 0 Å². The van der Waals surface area contributed by atoms with E-state index in [0.717, 1.165) is 4.57 Å². The zero-order valence-electron chi connectivity index (χ0n) is 13.2. The lowest BCUT2D eigenvalue weighted by molar-refractivity contribution is -0.139. The number of carbonyl (C=O) groups is 1. The molecule has 0 N–H and O–H groups in total. The molecule has 0 aliphatic heterocycles. The van der Waals surface area contributed by atoms with Crippen LogP contribution in [0.1, 0.15) is 17.9 Å². The Hall–Kier alpha value is -2.44. The minimum absolute atomic E-state index is 0.0301. The number of fused-ring (bicyclic) bond motifs is 1. The average Bonchev–Trinajstić information content (AvgIpc) is 2.99. The molecule has 0 spiro atoms. The topological polar surface area (TPSA) is 44.1 Å². The number of rotatable bonds is 5. The van der Waals surface area contributed by atoms with Gasteiger partial charge in [-0.25, -0.2) is 9.78 Å². The third-order valence-corrected chi connectivity index (χ3v) is 4.30. The van der Waals surface area contributed by atoms with E-state index in [0.29, 0.717) is 21.1 Å². The van der Waals surface area contributed by atoms with Crippen LogP contribution in [-0.2, 0) is 16.1 Å². The summed E-state index contributed by atoms with van der Waals surface area (Å²) in [5.41, 5.74) is 1.33. The van der Waals surface area contributed by atoms with Crippen LogP contribution in [0.2, 0.25) is 10.0 Å². The van der Waals surface area contributed by atoms with Crippen LogP contribution in [0, 0.1) is 0 Å². The summed E-state index contributed by atoms with van der Waals surface area (Å²) in [6, 6.07) is 11.3. The van der Waals surface area contributed by atoms with Gasteiger partial charge < -0.3 is 4.74 Å². The van der Waals surface area contributed by atoms with E-state index in [1.54, 1.807) is 36.4 Å². The number of carbonyl (C=O) groups excluding carboxylic acids is 1. The molecule has 134 valence electrons. The highest BCUT2D eigenvalue weighted by molar-refractivity contribution is 6.42. The van der Waals surface area contributed by atoms with Crippen molar-refractivity contribution < 1.29 is 18.3 Å². The van der Waals surface area contributed by atoms with Crippen LogP contribution in [0.25, 0.3) is 17.1 Å². The van der Waals surface area contributed by atoms with Crippen molar-refractivity contribution in [2.75, 3.05) is 0 Å². The fraction of sp³-hybridized carbons (Fsp3) is 0.111. The maximum Gasteiger partial charge on any atom is 0.331 e. The standard InChI is InChI=1S/C18H12Cl2F2N2O2/c19-12-7-5-11(9-13(12)20)6-8-17(25)26-10-16-23-14-3-1-2-4-15(14)24(16)18(21)22/h1-9,18H,10H2/b8-6+. The summed E-state index contributed by atoms with van der Waals surface area (Å²) in [7, 11) is 0. The van der Waals surface area contributed by atoms with Crippen molar-refractivity contribution in [1.82, 2.24) is 9.55 Å². The number of ether oxygens (including phenoxy) is 1. The molecule has 0 radical (unpaired) electrons. The van der Waals surface area contributed by atoms with E-state index in [2.05, 4.69) is 4.98 Å². The van der Waals surface area contributed by atoms with E-state index >= 15 is 0 Å². The van der Waals surface area contributed by atoms with E-state index < -0.39 is 12.5 Å². The van der Waals surface area contributed by atoms with Crippen LogP contribution in [0.3, 0.4) is 0 Å². The van der Waals surface area contributed by atoms with Crippen molar-refractivity contribution >= 4 is 46.3 Å². The van der Waals surface area contributed by atoms with Gasteiger partial charge in [0.05, 0.1) is 21.1 Å². The number of hydrogen-bond acceptors (Lipinski definition) is 3. The molecule has 4 nitrogen and oxygen atoms in total. The first-order valence-corrected chi connectivity index (χ1v) is 8.25.